The second-order valence-electron chi connectivity index (χ2n) is 9.82. The first-order valence-corrected chi connectivity index (χ1v) is 13.0. The van der Waals surface area contributed by atoms with Gasteiger partial charge in [0, 0.05) is 41.8 Å². The number of pyridine rings is 1. The zero-order valence-corrected chi connectivity index (χ0v) is 21.6. The van der Waals surface area contributed by atoms with Crippen LogP contribution in [0.25, 0.3) is 11.1 Å². The van der Waals surface area contributed by atoms with Gasteiger partial charge in [-0.15, -0.1) is 0 Å². The minimum absolute atomic E-state index is 0.481. The normalized spacial score (nSPS) is 16.3. The minimum atomic E-state index is 0.481. The molecule has 1 aromatic heterocycles. The Hall–Kier alpha value is -3.25. The highest BCUT2D eigenvalue weighted by Gasteiger charge is 2.26. The van der Waals surface area contributed by atoms with Crippen molar-refractivity contribution in [3.63, 3.8) is 0 Å². The molecular weight excluding hydrogens is 450 g/mol. The van der Waals surface area contributed by atoms with Crippen LogP contribution in [0.5, 0.6) is 17.2 Å². The van der Waals surface area contributed by atoms with Crippen molar-refractivity contribution in [2.24, 2.45) is 0 Å². The largest absolute Gasteiger partial charge is 0.497 e. The molecule has 1 aliphatic carbocycles. The van der Waals surface area contributed by atoms with Gasteiger partial charge >= 0.3 is 0 Å². The van der Waals surface area contributed by atoms with Crippen molar-refractivity contribution >= 4 is 5.69 Å². The lowest BCUT2D eigenvalue weighted by Gasteiger charge is -2.36. The molecule has 0 amide bonds. The van der Waals surface area contributed by atoms with Crippen molar-refractivity contribution in [2.75, 3.05) is 39.3 Å². The summed E-state index contributed by atoms with van der Waals surface area (Å²) in [6, 6.07) is 15.5. The summed E-state index contributed by atoms with van der Waals surface area (Å²) < 4.78 is 16.9. The van der Waals surface area contributed by atoms with E-state index in [1.807, 2.05) is 24.5 Å². The quantitative estimate of drug-likeness (QED) is 0.412. The lowest BCUT2D eigenvalue weighted by Crippen LogP contribution is -2.43. The van der Waals surface area contributed by atoms with Gasteiger partial charge in [0.2, 0.25) is 0 Å². The highest BCUT2D eigenvalue weighted by molar-refractivity contribution is 5.70. The summed E-state index contributed by atoms with van der Waals surface area (Å²) in [5, 5.41) is 3.50. The Morgan fingerprint density at radius 3 is 2.28 bits per heavy atom. The van der Waals surface area contributed by atoms with E-state index in [4.69, 9.17) is 14.2 Å². The Kier molecular flexibility index (Phi) is 7.61. The van der Waals surface area contributed by atoms with E-state index >= 15 is 0 Å². The number of piperidine rings is 1. The van der Waals surface area contributed by atoms with Gasteiger partial charge in [-0.2, -0.15) is 0 Å². The molecule has 3 aromatic rings. The number of ether oxygens (including phenoxy) is 3. The van der Waals surface area contributed by atoms with E-state index < -0.39 is 0 Å². The molecule has 0 spiro atoms. The molecule has 0 bridgehead atoms. The summed E-state index contributed by atoms with van der Waals surface area (Å²) in [4.78, 5) is 7.18. The summed E-state index contributed by atoms with van der Waals surface area (Å²) >= 11 is 0. The number of nitrogens with one attached hydrogen (secondary N) is 1. The molecule has 2 aliphatic rings. The number of methoxy groups -OCH3 is 3. The third kappa shape index (κ3) is 5.14. The van der Waals surface area contributed by atoms with Crippen LogP contribution in [0.1, 0.15) is 49.1 Å². The first-order chi connectivity index (χ1) is 17.7. The number of anilines is 1. The smallest absolute Gasteiger partial charge is 0.164 e. The van der Waals surface area contributed by atoms with E-state index in [1.165, 1.54) is 36.1 Å². The standard InChI is InChI=1S/C30H37N3O3/c1-34-27-9-7-25(8-10-27)33(26-11-13-31-14-12-26)20-21-15-24(19-32-18-21)23-16-28(22-5-4-6-22)30(36-3)29(17-23)35-2/h7-10,15-19,22,26,31H,4-6,11-14,20H2,1-3H3. The third-order valence-electron chi connectivity index (χ3n) is 7.69. The Bertz CT molecular complexity index is 1150. The second kappa shape index (κ2) is 11.2. The van der Waals surface area contributed by atoms with E-state index in [1.54, 1.807) is 21.3 Å². The van der Waals surface area contributed by atoms with Crippen LogP contribution >= 0.6 is 0 Å². The predicted molar refractivity (Wildman–Crippen MR) is 144 cm³/mol. The van der Waals surface area contributed by atoms with Gasteiger partial charge in [-0.1, -0.05) is 6.42 Å². The number of hydrogen-bond donors (Lipinski definition) is 1. The van der Waals surface area contributed by atoms with Gasteiger partial charge in [-0.25, -0.2) is 0 Å². The molecule has 0 atom stereocenters. The number of nitrogens with zero attached hydrogens (tertiary/aromatic N) is 2. The molecule has 1 aliphatic heterocycles. The Labute approximate surface area is 214 Å². The Balaban J connectivity index is 1.46. The lowest BCUT2D eigenvalue weighted by atomic mass is 9.78. The van der Waals surface area contributed by atoms with Crippen LogP contribution in [-0.2, 0) is 6.54 Å². The van der Waals surface area contributed by atoms with E-state index in [0.29, 0.717) is 12.0 Å². The molecule has 6 nitrogen and oxygen atoms in total. The van der Waals surface area contributed by atoms with Gasteiger partial charge in [0.25, 0.3) is 0 Å². The van der Waals surface area contributed by atoms with Gasteiger partial charge in [0.1, 0.15) is 5.75 Å². The summed E-state index contributed by atoms with van der Waals surface area (Å²) in [5.74, 6) is 3.07. The van der Waals surface area contributed by atoms with Gasteiger partial charge < -0.3 is 24.4 Å². The van der Waals surface area contributed by atoms with Gasteiger partial charge in [-0.3, -0.25) is 4.98 Å². The number of aromatic nitrogens is 1. The van der Waals surface area contributed by atoms with Crippen LogP contribution in [0.15, 0.2) is 54.9 Å². The molecule has 190 valence electrons. The van der Waals surface area contributed by atoms with Crippen molar-refractivity contribution < 1.29 is 14.2 Å². The number of benzene rings is 2. The summed E-state index contributed by atoms with van der Waals surface area (Å²) in [6.07, 6.45) is 9.88. The molecule has 2 aromatic carbocycles. The van der Waals surface area contributed by atoms with Gasteiger partial charge in [-0.05, 0) is 98.3 Å². The Morgan fingerprint density at radius 1 is 0.861 bits per heavy atom. The fraction of sp³-hybridized carbons (Fsp3) is 0.433. The number of rotatable bonds is 9. The van der Waals surface area contributed by atoms with Crippen LogP contribution in [0.4, 0.5) is 5.69 Å². The zero-order chi connectivity index (χ0) is 24.9. The Morgan fingerprint density at radius 2 is 1.64 bits per heavy atom. The molecule has 1 saturated heterocycles. The third-order valence-corrected chi connectivity index (χ3v) is 7.69. The molecule has 0 unspecified atom stereocenters. The molecule has 6 heteroatoms. The van der Waals surface area contributed by atoms with Crippen molar-refractivity contribution in [1.29, 1.82) is 0 Å². The van der Waals surface area contributed by atoms with Crippen LogP contribution in [0.2, 0.25) is 0 Å². The fourth-order valence-corrected chi connectivity index (χ4v) is 5.43. The van der Waals surface area contributed by atoms with Crippen molar-refractivity contribution in [1.82, 2.24) is 10.3 Å². The maximum absolute atomic E-state index is 5.76. The molecule has 36 heavy (non-hydrogen) atoms. The van der Waals surface area contributed by atoms with E-state index in [-0.39, 0.29) is 0 Å². The molecular formula is C30H37N3O3. The molecule has 1 saturated carbocycles. The van der Waals surface area contributed by atoms with Crippen LogP contribution in [-0.4, -0.2) is 45.4 Å². The van der Waals surface area contributed by atoms with Crippen molar-refractivity contribution in [3.8, 4) is 28.4 Å². The van der Waals surface area contributed by atoms with Gasteiger partial charge in [0.15, 0.2) is 11.5 Å². The predicted octanol–water partition coefficient (Wildman–Crippen LogP) is 5.80. The summed E-state index contributed by atoms with van der Waals surface area (Å²) in [5.41, 5.74) is 5.89. The van der Waals surface area contributed by atoms with Gasteiger partial charge in [0.05, 0.1) is 21.3 Å². The molecule has 1 N–H and O–H groups in total. The highest BCUT2D eigenvalue weighted by atomic mass is 16.5. The number of hydrogen-bond acceptors (Lipinski definition) is 6. The summed E-state index contributed by atoms with van der Waals surface area (Å²) in [7, 11) is 5.16. The first-order valence-electron chi connectivity index (χ1n) is 13.0. The van der Waals surface area contributed by atoms with Crippen LogP contribution < -0.4 is 24.4 Å². The minimum Gasteiger partial charge on any atom is -0.497 e. The van der Waals surface area contributed by atoms with Crippen LogP contribution in [0.3, 0.4) is 0 Å². The zero-order valence-electron chi connectivity index (χ0n) is 21.6. The fourth-order valence-electron chi connectivity index (χ4n) is 5.43. The van der Waals surface area contributed by atoms with Crippen molar-refractivity contribution in [3.05, 3.63) is 66.0 Å². The monoisotopic (exact) mass is 487 g/mol. The molecule has 5 rings (SSSR count). The van der Waals surface area contributed by atoms with Crippen molar-refractivity contribution in [2.45, 2.75) is 50.6 Å². The average molecular weight is 488 g/mol. The SMILES string of the molecule is COc1ccc(N(Cc2cncc(-c3cc(OC)c(OC)c(C4CCC4)c3)c2)C2CCNCC2)cc1. The first kappa shape index (κ1) is 24.4. The maximum atomic E-state index is 5.76. The molecule has 2 fully saturated rings. The van der Waals surface area contributed by atoms with E-state index in [2.05, 4.69) is 45.5 Å². The van der Waals surface area contributed by atoms with E-state index in [9.17, 15) is 0 Å². The highest BCUT2D eigenvalue weighted by Crippen LogP contribution is 2.46. The average Bonchev–Trinajstić information content (AvgIpc) is 2.91. The van der Waals surface area contributed by atoms with E-state index in [0.717, 1.165) is 60.9 Å². The second-order valence-corrected chi connectivity index (χ2v) is 9.82. The maximum Gasteiger partial charge on any atom is 0.164 e. The summed E-state index contributed by atoms with van der Waals surface area (Å²) in [6.45, 7) is 2.90. The molecule has 0 radical (unpaired) electrons. The lowest BCUT2D eigenvalue weighted by molar-refractivity contribution is 0.337. The molecule has 2 heterocycles. The van der Waals surface area contributed by atoms with Crippen LogP contribution in [0, 0.1) is 0 Å². The topological polar surface area (TPSA) is 55.9 Å².